The highest BCUT2D eigenvalue weighted by molar-refractivity contribution is 5.82. The number of nitrogens with zero attached hydrogens (tertiary/aromatic N) is 3. The van der Waals surface area contributed by atoms with Crippen molar-refractivity contribution in [1.82, 2.24) is 20.2 Å². The SMILES string of the molecule is C=C(C)CCCCc1nc2cc(C(=C)N3CCNC3)ccc2nc1-c1ccccc1. The number of benzene rings is 2. The number of aromatic nitrogens is 2. The van der Waals surface area contributed by atoms with Gasteiger partial charge in [0, 0.05) is 24.4 Å². The quantitative estimate of drug-likeness (QED) is 0.406. The summed E-state index contributed by atoms with van der Waals surface area (Å²) >= 11 is 0. The van der Waals surface area contributed by atoms with Crippen LogP contribution in [-0.2, 0) is 6.42 Å². The Morgan fingerprint density at radius 2 is 1.87 bits per heavy atom. The fourth-order valence-electron chi connectivity index (χ4n) is 3.91. The third-order valence-electron chi connectivity index (χ3n) is 5.63. The van der Waals surface area contributed by atoms with Gasteiger partial charge < -0.3 is 4.90 Å². The molecular formula is C26H30N4. The molecule has 1 aromatic heterocycles. The standard InChI is InChI=1S/C26H30N4/c1-19(2)9-7-8-12-24-26(21-10-5-4-6-11-21)29-23-14-13-22(17-25(23)28-24)20(3)30-16-15-27-18-30/h4-6,10-11,13-14,17,27H,1,3,7-9,12,15-16,18H2,2H3. The lowest BCUT2D eigenvalue weighted by Gasteiger charge is -2.20. The van der Waals surface area contributed by atoms with Gasteiger partial charge in [0.25, 0.3) is 0 Å². The Labute approximate surface area is 179 Å². The van der Waals surface area contributed by atoms with E-state index in [1.807, 2.05) is 6.07 Å². The zero-order valence-electron chi connectivity index (χ0n) is 17.8. The summed E-state index contributed by atoms with van der Waals surface area (Å²) in [6.45, 7) is 13.3. The molecule has 1 N–H and O–H groups in total. The number of nitrogens with one attached hydrogen (secondary N) is 1. The van der Waals surface area contributed by atoms with E-state index in [2.05, 4.69) is 72.8 Å². The highest BCUT2D eigenvalue weighted by atomic mass is 15.3. The Kier molecular flexibility index (Phi) is 6.24. The Morgan fingerprint density at radius 1 is 1.03 bits per heavy atom. The van der Waals surface area contributed by atoms with Gasteiger partial charge in [0.15, 0.2) is 0 Å². The fourth-order valence-corrected chi connectivity index (χ4v) is 3.91. The Bertz CT molecular complexity index is 1050. The maximum absolute atomic E-state index is 5.08. The number of allylic oxidation sites excluding steroid dienone is 1. The second-order valence-electron chi connectivity index (χ2n) is 8.12. The van der Waals surface area contributed by atoms with Crippen molar-refractivity contribution in [3.8, 4) is 11.3 Å². The molecule has 0 saturated carbocycles. The normalized spacial score (nSPS) is 13.7. The summed E-state index contributed by atoms with van der Waals surface area (Å²) < 4.78 is 0. The van der Waals surface area contributed by atoms with Crippen LogP contribution in [0, 0.1) is 0 Å². The Hall–Kier alpha value is -2.98. The van der Waals surface area contributed by atoms with Gasteiger partial charge in [0.05, 0.1) is 29.1 Å². The van der Waals surface area contributed by atoms with Crippen LogP contribution in [0.5, 0.6) is 0 Å². The van der Waals surface area contributed by atoms with Crippen LogP contribution >= 0.6 is 0 Å². The van der Waals surface area contributed by atoms with Gasteiger partial charge in [-0.05, 0) is 50.3 Å². The molecule has 4 nitrogen and oxygen atoms in total. The molecular weight excluding hydrogens is 368 g/mol. The highest BCUT2D eigenvalue weighted by Crippen LogP contribution is 2.27. The largest absolute Gasteiger partial charge is 0.357 e. The Morgan fingerprint density at radius 3 is 2.60 bits per heavy atom. The first-order chi connectivity index (χ1) is 14.6. The molecule has 1 aliphatic heterocycles. The molecule has 1 saturated heterocycles. The van der Waals surface area contributed by atoms with Crippen LogP contribution in [0.25, 0.3) is 28.0 Å². The summed E-state index contributed by atoms with van der Waals surface area (Å²) in [6.07, 6.45) is 4.19. The summed E-state index contributed by atoms with van der Waals surface area (Å²) in [5.74, 6) is 0. The van der Waals surface area contributed by atoms with Crippen molar-refractivity contribution in [2.45, 2.75) is 32.6 Å². The van der Waals surface area contributed by atoms with E-state index in [1.54, 1.807) is 0 Å². The average molecular weight is 399 g/mol. The maximum Gasteiger partial charge on any atom is 0.0925 e. The molecule has 0 aliphatic carbocycles. The highest BCUT2D eigenvalue weighted by Gasteiger charge is 2.16. The summed E-state index contributed by atoms with van der Waals surface area (Å²) in [4.78, 5) is 12.4. The first-order valence-electron chi connectivity index (χ1n) is 10.8. The molecule has 0 unspecified atom stereocenters. The monoisotopic (exact) mass is 398 g/mol. The number of hydrogen-bond acceptors (Lipinski definition) is 4. The molecule has 0 spiro atoms. The zero-order chi connectivity index (χ0) is 20.9. The van der Waals surface area contributed by atoms with Crippen molar-refractivity contribution in [1.29, 1.82) is 0 Å². The van der Waals surface area contributed by atoms with Crippen LogP contribution in [0.15, 0.2) is 67.3 Å². The number of fused-ring (bicyclic) bond motifs is 1. The first kappa shape index (κ1) is 20.3. The minimum atomic E-state index is 0.851. The summed E-state index contributed by atoms with van der Waals surface area (Å²) in [6, 6.07) is 16.7. The van der Waals surface area contributed by atoms with Crippen LogP contribution < -0.4 is 5.32 Å². The molecule has 3 aromatic rings. The molecule has 1 fully saturated rings. The van der Waals surface area contributed by atoms with Crippen LogP contribution in [-0.4, -0.2) is 34.6 Å². The smallest absolute Gasteiger partial charge is 0.0925 e. The van der Waals surface area contributed by atoms with E-state index in [9.17, 15) is 0 Å². The van der Waals surface area contributed by atoms with Gasteiger partial charge in [-0.3, -0.25) is 5.32 Å². The fraction of sp³-hybridized carbons (Fsp3) is 0.308. The minimum absolute atomic E-state index is 0.851. The number of hydrogen-bond donors (Lipinski definition) is 1. The van der Waals surface area contributed by atoms with E-state index in [4.69, 9.17) is 9.97 Å². The molecule has 0 amide bonds. The van der Waals surface area contributed by atoms with Crippen molar-refractivity contribution in [3.05, 3.63) is 78.5 Å². The summed E-state index contributed by atoms with van der Waals surface area (Å²) in [5.41, 5.74) is 8.45. The lowest BCUT2D eigenvalue weighted by Crippen LogP contribution is -2.19. The molecule has 2 aromatic carbocycles. The molecule has 30 heavy (non-hydrogen) atoms. The molecule has 0 bridgehead atoms. The lowest BCUT2D eigenvalue weighted by molar-refractivity contribution is 0.487. The van der Waals surface area contributed by atoms with E-state index >= 15 is 0 Å². The van der Waals surface area contributed by atoms with Gasteiger partial charge in [-0.25, -0.2) is 9.97 Å². The van der Waals surface area contributed by atoms with Crippen LogP contribution in [0.4, 0.5) is 0 Å². The number of rotatable bonds is 8. The van der Waals surface area contributed by atoms with Crippen molar-refractivity contribution in [2.75, 3.05) is 19.8 Å². The van der Waals surface area contributed by atoms with Crippen LogP contribution in [0.3, 0.4) is 0 Å². The van der Waals surface area contributed by atoms with Gasteiger partial charge in [-0.15, -0.1) is 6.58 Å². The molecule has 2 heterocycles. The molecule has 4 rings (SSSR count). The second kappa shape index (κ2) is 9.23. The van der Waals surface area contributed by atoms with Gasteiger partial charge >= 0.3 is 0 Å². The molecule has 4 heteroatoms. The van der Waals surface area contributed by atoms with E-state index in [1.165, 1.54) is 5.57 Å². The van der Waals surface area contributed by atoms with Gasteiger partial charge in [-0.2, -0.15) is 0 Å². The van der Waals surface area contributed by atoms with Gasteiger partial charge in [0.1, 0.15) is 0 Å². The van der Waals surface area contributed by atoms with E-state index in [0.29, 0.717) is 0 Å². The first-order valence-corrected chi connectivity index (χ1v) is 10.8. The van der Waals surface area contributed by atoms with Gasteiger partial charge in [-0.1, -0.05) is 48.6 Å². The average Bonchev–Trinajstić information content (AvgIpc) is 3.30. The van der Waals surface area contributed by atoms with E-state index in [-0.39, 0.29) is 0 Å². The second-order valence-corrected chi connectivity index (χ2v) is 8.12. The maximum atomic E-state index is 5.08. The molecule has 0 radical (unpaired) electrons. The third kappa shape index (κ3) is 4.60. The zero-order valence-corrected chi connectivity index (χ0v) is 17.8. The molecule has 0 atom stereocenters. The van der Waals surface area contributed by atoms with Crippen molar-refractivity contribution in [2.24, 2.45) is 0 Å². The Balaban J connectivity index is 1.68. The van der Waals surface area contributed by atoms with Crippen molar-refractivity contribution < 1.29 is 0 Å². The minimum Gasteiger partial charge on any atom is -0.357 e. The molecule has 1 aliphatic rings. The third-order valence-corrected chi connectivity index (χ3v) is 5.63. The van der Waals surface area contributed by atoms with Gasteiger partial charge in [0.2, 0.25) is 0 Å². The summed E-state index contributed by atoms with van der Waals surface area (Å²) in [5, 5.41) is 3.36. The number of unbranched alkanes of at least 4 members (excludes halogenated alkanes) is 1. The molecule has 154 valence electrons. The van der Waals surface area contributed by atoms with Crippen molar-refractivity contribution in [3.63, 3.8) is 0 Å². The predicted octanol–water partition coefficient (Wildman–Crippen LogP) is 5.42. The van der Waals surface area contributed by atoms with E-state index < -0.39 is 0 Å². The lowest BCUT2D eigenvalue weighted by atomic mass is 10.0. The summed E-state index contributed by atoms with van der Waals surface area (Å²) in [7, 11) is 0. The van der Waals surface area contributed by atoms with Crippen LogP contribution in [0.1, 0.15) is 37.4 Å². The number of aryl methyl sites for hydroxylation is 1. The van der Waals surface area contributed by atoms with Crippen LogP contribution in [0.2, 0.25) is 0 Å². The predicted molar refractivity (Wildman–Crippen MR) is 126 cm³/mol. The van der Waals surface area contributed by atoms with E-state index in [0.717, 1.165) is 84.7 Å². The topological polar surface area (TPSA) is 41.1 Å². The van der Waals surface area contributed by atoms with Crippen molar-refractivity contribution >= 4 is 16.7 Å².